The van der Waals surface area contributed by atoms with Crippen molar-refractivity contribution in [2.24, 2.45) is 0 Å². The van der Waals surface area contributed by atoms with Crippen LogP contribution in [0.5, 0.6) is 0 Å². The number of nitrogens with one attached hydrogen (secondary N) is 1. The van der Waals surface area contributed by atoms with Crippen molar-refractivity contribution in [3.05, 3.63) is 30.3 Å². The van der Waals surface area contributed by atoms with Crippen LogP contribution in [-0.4, -0.2) is 37.4 Å². The molecule has 23 heavy (non-hydrogen) atoms. The van der Waals surface area contributed by atoms with E-state index in [1.165, 1.54) is 4.90 Å². The summed E-state index contributed by atoms with van der Waals surface area (Å²) in [6.45, 7) is 0.159. The van der Waals surface area contributed by atoms with Gasteiger partial charge in [0.25, 0.3) is 0 Å². The molecule has 0 aliphatic carbocycles. The molecule has 0 atom stereocenters. The maximum atomic E-state index is 11.1. The summed E-state index contributed by atoms with van der Waals surface area (Å²) in [6, 6.07) is 10.1. The van der Waals surface area contributed by atoms with E-state index in [0.29, 0.717) is 6.42 Å². The van der Waals surface area contributed by atoms with E-state index in [4.69, 9.17) is 19.6 Å². The van der Waals surface area contributed by atoms with Gasteiger partial charge in [0.1, 0.15) is 0 Å². The molecule has 0 aliphatic heterocycles. The second-order valence-electron chi connectivity index (χ2n) is 5.08. The van der Waals surface area contributed by atoms with Gasteiger partial charge in [0.05, 0.1) is 0 Å². The maximum Gasteiger partial charge on any atom is 0.354 e. The van der Waals surface area contributed by atoms with Gasteiger partial charge < -0.3 is 19.6 Å². The molecule has 5 N–H and O–H groups in total. The van der Waals surface area contributed by atoms with Gasteiger partial charge in [0, 0.05) is 4.90 Å². The Morgan fingerprint density at radius 1 is 0.913 bits per heavy atom. The Hall–Kier alpha value is -0.170. The van der Waals surface area contributed by atoms with Gasteiger partial charge in [-0.25, -0.2) is 0 Å². The van der Waals surface area contributed by atoms with Crippen molar-refractivity contribution in [3.63, 3.8) is 0 Å². The molecular formula is C13H23NO6P2S. The van der Waals surface area contributed by atoms with Crippen molar-refractivity contribution in [2.45, 2.75) is 36.1 Å². The summed E-state index contributed by atoms with van der Waals surface area (Å²) in [5.74, 6) is 0.991. The third-order valence-corrected chi connectivity index (χ3v) is 7.59. The molecule has 132 valence electrons. The Morgan fingerprint density at radius 2 is 1.48 bits per heavy atom. The van der Waals surface area contributed by atoms with Gasteiger partial charge in [-0.05, 0) is 37.3 Å². The molecule has 0 saturated carbocycles. The fourth-order valence-electron chi connectivity index (χ4n) is 1.95. The first-order valence-corrected chi connectivity index (χ1v) is 11.6. The molecule has 1 aromatic rings. The predicted octanol–water partition coefficient (Wildman–Crippen LogP) is 2.57. The number of benzene rings is 1. The minimum atomic E-state index is -4.88. The number of thioether (sulfide) groups is 1. The first kappa shape index (κ1) is 20.9. The normalized spacial score (nSPS) is 12.7. The van der Waals surface area contributed by atoms with E-state index in [0.717, 1.165) is 25.0 Å². The first-order valence-electron chi connectivity index (χ1n) is 7.23. The highest BCUT2D eigenvalue weighted by atomic mass is 32.2. The lowest BCUT2D eigenvalue weighted by molar-refractivity contribution is 0.327. The molecule has 0 amide bonds. The summed E-state index contributed by atoms with van der Waals surface area (Å²) in [7, 11) is -9.75. The number of hydrogen-bond donors (Lipinski definition) is 5. The number of hydrogen-bond acceptors (Lipinski definition) is 4. The zero-order valence-electron chi connectivity index (χ0n) is 12.6. The fraction of sp³-hybridized carbons (Fsp3) is 0.538. The standard InChI is InChI=1S/C13H23NO6P2S/c15-21(16,17)13(22(18,19)20)14-10-6-1-2-7-11-23-12-8-4-3-5-9-12/h3-5,8-9,13-14H,1-2,6-7,10-11H2,(H2,15,16,17)(H2,18,19,20). The minimum Gasteiger partial charge on any atom is -0.323 e. The van der Waals surface area contributed by atoms with Crippen LogP contribution < -0.4 is 5.32 Å². The largest absolute Gasteiger partial charge is 0.354 e. The monoisotopic (exact) mass is 383 g/mol. The number of unbranched alkanes of at least 4 members (excludes halogenated alkanes) is 3. The van der Waals surface area contributed by atoms with Crippen molar-refractivity contribution in [2.75, 3.05) is 12.3 Å². The first-order chi connectivity index (χ1) is 10.7. The Morgan fingerprint density at radius 3 is 2.04 bits per heavy atom. The molecule has 1 aromatic carbocycles. The highest BCUT2D eigenvalue weighted by molar-refractivity contribution is 7.99. The van der Waals surface area contributed by atoms with Gasteiger partial charge in [-0.15, -0.1) is 11.8 Å². The van der Waals surface area contributed by atoms with E-state index in [9.17, 15) is 9.13 Å². The Kier molecular flexibility index (Phi) is 9.04. The summed E-state index contributed by atoms with van der Waals surface area (Å²) < 4.78 is 22.1. The molecule has 0 heterocycles. The highest BCUT2D eigenvalue weighted by Crippen LogP contribution is 2.58. The quantitative estimate of drug-likeness (QED) is 0.224. The molecule has 0 unspecified atom stereocenters. The highest BCUT2D eigenvalue weighted by Gasteiger charge is 2.42. The lowest BCUT2D eigenvalue weighted by Crippen LogP contribution is -2.29. The molecule has 10 heteroatoms. The lowest BCUT2D eigenvalue weighted by Gasteiger charge is -2.20. The van der Waals surface area contributed by atoms with E-state index in [-0.39, 0.29) is 6.54 Å². The molecule has 0 bridgehead atoms. The Balaban J connectivity index is 2.13. The number of rotatable bonds is 11. The summed E-state index contributed by atoms with van der Waals surface area (Å²) in [5, 5.41) is 2.28. The van der Waals surface area contributed by atoms with Gasteiger partial charge in [-0.2, -0.15) is 0 Å². The van der Waals surface area contributed by atoms with Crippen molar-refractivity contribution >= 4 is 27.0 Å². The summed E-state index contributed by atoms with van der Waals surface area (Å²) in [6.07, 6.45) is 3.40. The van der Waals surface area contributed by atoms with E-state index in [1.807, 2.05) is 18.2 Å². The van der Waals surface area contributed by atoms with Crippen LogP contribution in [0.1, 0.15) is 25.7 Å². The average molecular weight is 383 g/mol. The zero-order valence-corrected chi connectivity index (χ0v) is 15.2. The van der Waals surface area contributed by atoms with Crippen molar-refractivity contribution in [1.29, 1.82) is 0 Å². The SMILES string of the molecule is O=P(O)(O)C(NCCCCCCSc1ccccc1)P(=O)(O)O. The minimum absolute atomic E-state index is 0.159. The van der Waals surface area contributed by atoms with Crippen LogP contribution in [0.25, 0.3) is 0 Å². The summed E-state index contributed by atoms with van der Waals surface area (Å²) >= 11 is 1.77. The molecule has 0 radical (unpaired) electrons. The smallest absolute Gasteiger partial charge is 0.323 e. The molecule has 0 spiro atoms. The molecule has 0 fully saturated rings. The maximum absolute atomic E-state index is 11.1. The third kappa shape index (κ3) is 9.03. The van der Waals surface area contributed by atoms with Gasteiger partial charge >= 0.3 is 15.2 Å². The van der Waals surface area contributed by atoms with E-state index < -0.39 is 20.7 Å². The van der Waals surface area contributed by atoms with Gasteiger partial charge in [0.15, 0.2) is 0 Å². The van der Waals surface area contributed by atoms with Crippen LogP contribution in [0, 0.1) is 0 Å². The van der Waals surface area contributed by atoms with Crippen LogP contribution in [0.2, 0.25) is 0 Å². The van der Waals surface area contributed by atoms with Gasteiger partial charge in [-0.1, -0.05) is 31.0 Å². The molecule has 0 aromatic heterocycles. The van der Waals surface area contributed by atoms with E-state index in [1.54, 1.807) is 11.8 Å². The van der Waals surface area contributed by atoms with Gasteiger partial charge in [0.2, 0.25) is 5.52 Å². The average Bonchev–Trinajstić information content (AvgIpc) is 2.44. The fourth-order valence-corrected chi connectivity index (χ4v) is 5.19. The molecular weight excluding hydrogens is 360 g/mol. The second kappa shape index (κ2) is 9.97. The van der Waals surface area contributed by atoms with Crippen LogP contribution >= 0.6 is 27.0 Å². The van der Waals surface area contributed by atoms with Crippen molar-refractivity contribution < 1.29 is 28.7 Å². The van der Waals surface area contributed by atoms with Crippen LogP contribution in [-0.2, 0) is 9.13 Å². The van der Waals surface area contributed by atoms with Gasteiger partial charge in [-0.3, -0.25) is 14.4 Å². The van der Waals surface area contributed by atoms with Crippen LogP contribution in [0.3, 0.4) is 0 Å². The van der Waals surface area contributed by atoms with Crippen molar-refractivity contribution in [3.8, 4) is 0 Å². The van der Waals surface area contributed by atoms with E-state index >= 15 is 0 Å². The van der Waals surface area contributed by atoms with Crippen LogP contribution in [0.4, 0.5) is 0 Å². The second-order valence-corrected chi connectivity index (χ2v) is 10.0. The Bertz CT molecular complexity index is 525. The summed E-state index contributed by atoms with van der Waals surface area (Å²) in [4.78, 5) is 37.0. The summed E-state index contributed by atoms with van der Waals surface area (Å²) in [5.41, 5.74) is -2.11. The van der Waals surface area contributed by atoms with E-state index in [2.05, 4.69) is 17.4 Å². The molecule has 1 rings (SSSR count). The third-order valence-electron chi connectivity index (χ3n) is 3.05. The van der Waals surface area contributed by atoms with Crippen LogP contribution in [0.15, 0.2) is 35.2 Å². The topological polar surface area (TPSA) is 127 Å². The lowest BCUT2D eigenvalue weighted by atomic mass is 10.2. The Labute approximate surface area is 140 Å². The van der Waals surface area contributed by atoms with Crippen molar-refractivity contribution in [1.82, 2.24) is 5.32 Å². The predicted molar refractivity (Wildman–Crippen MR) is 91.5 cm³/mol. The molecule has 0 saturated heterocycles. The molecule has 0 aliphatic rings. The molecule has 7 nitrogen and oxygen atoms in total. The zero-order chi connectivity index (χ0) is 17.3.